The summed E-state index contributed by atoms with van der Waals surface area (Å²) in [5.41, 5.74) is 0.578. The predicted molar refractivity (Wildman–Crippen MR) is 93.8 cm³/mol. The van der Waals surface area contributed by atoms with E-state index in [1.807, 2.05) is 6.92 Å². The van der Waals surface area contributed by atoms with Crippen LogP contribution in [0.5, 0.6) is 0 Å². The molecule has 1 saturated heterocycles. The fourth-order valence-electron chi connectivity index (χ4n) is 2.69. The van der Waals surface area contributed by atoms with Crippen molar-refractivity contribution in [3.05, 3.63) is 28.2 Å². The molecule has 1 aliphatic rings. The van der Waals surface area contributed by atoms with Crippen LogP contribution in [-0.4, -0.2) is 55.7 Å². The Morgan fingerprint density at radius 1 is 1.25 bits per heavy atom. The molecule has 0 aromatic heterocycles. The molecule has 132 valence electrons. The standard InChI is InChI=1S/C16H21Cl2N3O3/c1-3-24-16(23)21-6-4-20(5-7-21)11(2)15(22)19-14-9-12(17)8-13(18)10-14/h8-11H,3-7H2,1-2H3,(H,19,22)/p+1/t11-/m0/s1. The first-order valence-corrected chi connectivity index (χ1v) is 8.69. The number of piperazine rings is 1. The number of nitrogens with one attached hydrogen (secondary N) is 2. The van der Waals surface area contributed by atoms with E-state index in [1.165, 1.54) is 0 Å². The third-order valence-corrected chi connectivity index (χ3v) is 4.50. The summed E-state index contributed by atoms with van der Waals surface area (Å²) in [6, 6.07) is 4.69. The molecule has 0 aliphatic carbocycles. The van der Waals surface area contributed by atoms with Gasteiger partial charge < -0.3 is 15.0 Å². The van der Waals surface area contributed by atoms with E-state index in [2.05, 4.69) is 5.32 Å². The van der Waals surface area contributed by atoms with Crippen LogP contribution in [-0.2, 0) is 9.53 Å². The Balaban J connectivity index is 1.89. The van der Waals surface area contributed by atoms with Crippen LogP contribution in [0.15, 0.2) is 18.2 Å². The number of ether oxygens (including phenoxy) is 1. The molecule has 1 atom stereocenters. The average Bonchev–Trinajstić information content (AvgIpc) is 2.53. The zero-order chi connectivity index (χ0) is 17.7. The third-order valence-electron chi connectivity index (χ3n) is 4.07. The van der Waals surface area contributed by atoms with Crippen LogP contribution in [0.4, 0.5) is 10.5 Å². The fraction of sp³-hybridized carbons (Fsp3) is 0.500. The number of nitrogens with zero attached hydrogens (tertiary/aromatic N) is 1. The zero-order valence-electron chi connectivity index (χ0n) is 13.8. The second-order valence-electron chi connectivity index (χ2n) is 5.71. The molecule has 1 aromatic rings. The number of hydrogen-bond acceptors (Lipinski definition) is 3. The molecule has 0 bridgehead atoms. The van der Waals surface area contributed by atoms with Crippen molar-refractivity contribution in [2.75, 3.05) is 38.1 Å². The molecule has 2 amide bonds. The highest BCUT2D eigenvalue weighted by atomic mass is 35.5. The van der Waals surface area contributed by atoms with Gasteiger partial charge in [0, 0.05) is 15.7 Å². The van der Waals surface area contributed by atoms with E-state index in [-0.39, 0.29) is 18.0 Å². The molecule has 0 radical (unpaired) electrons. The molecule has 1 fully saturated rings. The molecule has 2 rings (SSSR count). The number of carbonyl (C=O) groups excluding carboxylic acids is 2. The Morgan fingerprint density at radius 2 is 1.83 bits per heavy atom. The summed E-state index contributed by atoms with van der Waals surface area (Å²) in [5.74, 6) is -0.104. The molecule has 24 heavy (non-hydrogen) atoms. The molecule has 2 N–H and O–H groups in total. The van der Waals surface area contributed by atoms with E-state index < -0.39 is 0 Å². The van der Waals surface area contributed by atoms with Gasteiger partial charge in [-0.15, -0.1) is 0 Å². The van der Waals surface area contributed by atoms with Crippen molar-refractivity contribution in [1.82, 2.24) is 4.90 Å². The summed E-state index contributed by atoms with van der Waals surface area (Å²) in [4.78, 5) is 26.9. The van der Waals surface area contributed by atoms with Gasteiger partial charge >= 0.3 is 6.09 Å². The number of amides is 2. The second kappa shape index (κ2) is 8.55. The van der Waals surface area contributed by atoms with Gasteiger partial charge in [-0.1, -0.05) is 23.2 Å². The lowest BCUT2D eigenvalue weighted by molar-refractivity contribution is -0.917. The summed E-state index contributed by atoms with van der Waals surface area (Å²) in [5, 5.41) is 3.79. The normalized spacial score (nSPS) is 16.6. The molecule has 1 aromatic carbocycles. The van der Waals surface area contributed by atoms with Gasteiger partial charge in [-0.2, -0.15) is 0 Å². The maximum Gasteiger partial charge on any atom is 0.410 e. The van der Waals surface area contributed by atoms with Crippen molar-refractivity contribution in [2.24, 2.45) is 0 Å². The maximum atomic E-state index is 12.4. The van der Waals surface area contributed by atoms with E-state index in [4.69, 9.17) is 27.9 Å². The van der Waals surface area contributed by atoms with Crippen LogP contribution < -0.4 is 10.2 Å². The van der Waals surface area contributed by atoms with E-state index in [0.717, 1.165) is 4.90 Å². The van der Waals surface area contributed by atoms with Crippen molar-refractivity contribution in [1.29, 1.82) is 0 Å². The van der Waals surface area contributed by atoms with Gasteiger partial charge in [0.25, 0.3) is 5.91 Å². The van der Waals surface area contributed by atoms with Crippen LogP contribution in [0.1, 0.15) is 13.8 Å². The van der Waals surface area contributed by atoms with Crippen molar-refractivity contribution in [3.8, 4) is 0 Å². The Morgan fingerprint density at radius 3 is 2.38 bits per heavy atom. The van der Waals surface area contributed by atoms with Gasteiger partial charge in [-0.25, -0.2) is 4.79 Å². The number of benzene rings is 1. The first-order chi connectivity index (χ1) is 11.4. The van der Waals surface area contributed by atoms with Crippen molar-refractivity contribution < 1.29 is 19.2 Å². The van der Waals surface area contributed by atoms with Crippen molar-refractivity contribution in [3.63, 3.8) is 0 Å². The fourth-order valence-corrected chi connectivity index (χ4v) is 3.21. The molecule has 1 aliphatic heterocycles. The summed E-state index contributed by atoms with van der Waals surface area (Å²) in [6.07, 6.45) is -0.290. The molecular formula is C16H22Cl2N3O3+. The van der Waals surface area contributed by atoms with Crippen LogP contribution in [0.2, 0.25) is 10.0 Å². The van der Waals surface area contributed by atoms with Gasteiger partial charge in [-0.3, -0.25) is 9.69 Å². The van der Waals surface area contributed by atoms with Gasteiger partial charge in [0.1, 0.15) is 0 Å². The average molecular weight is 375 g/mol. The first kappa shape index (κ1) is 18.8. The number of quaternary nitrogens is 1. The smallest absolute Gasteiger partial charge is 0.410 e. The van der Waals surface area contributed by atoms with Gasteiger partial charge in [0.05, 0.1) is 32.8 Å². The largest absolute Gasteiger partial charge is 0.450 e. The highest BCUT2D eigenvalue weighted by Gasteiger charge is 2.31. The second-order valence-corrected chi connectivity index (χ2v) is 6.59. The Labute approximate surface area is 151 Å². The van der Waals surface area contributed by atoms with Crippen LogP contribution in [0, 0.1) is 0 Å². The monoisotopic (exact) mass is 374 g/mol. The van der Waals surface area contributed by atoms with Gasteiger partial charge in [0.2, 0.25) is 0 Å². The van der Waals surface area contributed by atoms with Crippen molar-refractivity contribution in [2.45, 2.75) is 19.9 Å². The minimum Gasteiger partial charge on any atom is -0.450 e. The SMILES string of the molecule is CCOC(=O)N1CC[NH+]([C@@H](C)C(=O)Nc2cc(Cl)cc(Cl)c2)CC1. The molecule has 0 unspecified atom stereocenters. The number of halogens is 2. The zero-order valence-corrected chi connectivity index (χ0v) is 15.3. The summed E-state index contributed by atoms with van der Waals surface area (Å²) >= 11 is 11.9. The van der Waals surface area contributed by atoms with E-state index in [9.17, 15) is 9.59 Å². The van der Waals surface area contributed by atoms with Gasteiger partial charge in [-0.05, 0) is 32.0 Å². The van der Waals surface area contributed by atoms with Crippen LogP contribution in [0.3, 0.4) is 0 Å². The molecule has 8 heteroatoms. The van der Waals surface area contributed by atoms with E-state index in [1.54, 1.807) is 30.0 Å². The quantitative estimate of drug-likeness (QED) is 0.842. The summed E-state index contributed by atoms with van der Waals surface area (Å²) < 4.78 is 5.00. The summed E-state index contributed by atoms with van der Waals surface area (Å²) in [6.45, 7) is 6.58. The minimum atomic E-state index is -0.290. The third kappa shape index (κ3) is 5.00. The number of carbonyl (C=O) groups is 2. The maximum absolute atomic E-state index is 12.4. The molecule has 0 saturated carbocycles. The van der Waals surface area contributed by atoms with E-state index >= 15 is 0 Å². The molecule has 6 nitrogen and oxygen atoms in total. The topological polar surface area (TPSA) is 63.1 Å². The molecule has 0 spiro atoms. The Kier molecular flexibility index (Phi) is 6.71. The van der Waals surface area contributed by atoms with Gasteiger partial charge in [0.15, 0.2) is 6.04 Å². The molecule has 1 heterocycles. The Bertz CT molecular complexity index is 584. The van der Waals surface area contributed by atoms with E-state index in [0.29, 0.717) is 48.5 Å². The first-order valence-electron chi connectivity index (χ1n) is 7.94. The Hall–Kier alpha value is -1.50. The predicted octanol–water partition coefficient (Wildman–Crippen LogP) is 1.68. The number of hydrogen-bond donors (Lipinski definition) is 2. The molecular weight excluding hydrogens is 353 g/mol. The lowest BCUT2D eigenvalue weighted by Gasteiger charge is -2.34. The minimum absolute atomic E-state index is 0.104. The summed E-state index contributed by atoms with van der Waals surface area (Å²) in [7, 11) is 0. The lowest BCUT2D eigenvalue weighted by Crippen LogP contribution is -3.19. The van der Waals surface area contributed by atoms with Crippen LogP contribution >= 0.6 is 23.2 Å². The highest BCUT2D eigenvalue weighted by molar-refractivity contribution is 6.35. The van der Waals surface area contributed by atoms with Crippen LogP contribution in [0.25, 0.3) is 0 Å². The lowest BCUT2D eigenvalue weighted by atomic mass is 10.2. The highest BCUT2D eigenvalue weighted by Crippen LogP contribution is 2.22. The number of rotatable bonds is 4. The van der Waals surface area contributed by atoms with Crippen molar-refractivity contribution >= 4 is 40.9 Å². The number of anilines is 1.